The molecule has 0 bridgehead atoms. The summed E-state index contributed by atoms with van der Waals surface area (Å²) in [5.41, 5.74) is 1.08. The summed E-state index contributed by atoms with van der Waals surface area (Å²) >= 11 is 0. The first-order chi connectivity index (χ1) is 15.6. The van der Waals surface area contributed by atoms with E-state index in [0.717, 1.165) is 11.1 Å². The lowest BCUT2D eigenvalue weighted by molar-refractivity contribution is -0.247. The van der Waals surface area contributed by atoms with Crippen LogP contribution in [0.5, 0.6) is 0 Å². The molecule has 9 nitrogen and oxygen atoms in total. The van der Waals surface area contributed by atoms with Gasteiger partial charge in [-0.2, -0.15) is 0 Å². The second-order valence-electron chi connectivity index (χ2n) is 6.82. The van der Waals surface area contributed by atoms with Gasteiger partial charge in [0.2, 0.25) is 5.79 Å². The third kappa shape index (κ3) is 5.99. The second kappa shape index (κ2) is 11.2. The molecule has 0 unspecified atom stereocenters. The van der Waals surface area contributed by atoms with Crippen molar-refractivity contribution >= 4 is 11.8 Å². The topological polar surface area (TPSA) is 115 Å². The predicted octanol–water partition coefficient (Wildman–Crippen LogP) is 3.38. The maximum absolute atomic E-state index is 12.7. The number of rotatable bonds is 10. The Kier molecular flexibility index (Phi) is 8.07. The quantitative estimate of drug-likeness (QED) is 0.466. The number of amides is 1. The van der Waals surface area contributed by atoms with Crippen molar-refractivity contribution in [3.63, 3.8) is 0 Å². The summed E-state index contributed by atoms with van der Waals surface area (Å²) in [6.07, 6.45) is 4.16. The molecule has 0 atom stereocenters. The van der Waals surface area contributed by atoms with Crippen LogP contribution in [0.15, 0.2) is 65.8 Å². The van der Waals surface area contributed by atoms with Crippen LogP contribution in [0.25, 0.3) is 0 Å². The van der Waals surface area contributed by atoms with E-state index in [1.165, 1.54) is 6.20 Å². The van der Waals surface area contributed by atoms with Crippen molar-refractivity contribution in [3.8, 4) is 0 Å². The number of hydrogen-bond acceptors (Lipinski definition) is 7. The Morgan fingerprint density at radius 1 is 1.03 bits per heavy atom. The van der Waals surface area contributed by atoms with Crippen molar-refractivity contribution in [3.05, 3.63) is 88.4 Å². The van der Waals surface area contributed by atoms with E-state index in [1.54, 1.807) is 12.4 Å². The lowest BCUT2D eigenvalue weighted by Crippen LogP contribution is -2.39. The summed E-state index contributed by atoms with van der Waals surface area (Å²) in [5, 5.41) is 2.41. The maximum atomic E-state index is 12.7. The van der Waals surface area contributed by atoms with Crippen LogP contribution < -0.4 is 10.9 Å². The summed E-state index contributed by atoms with van der Waals surface area (Å²) in [6.45, 7) is 4.39. The van der Waals surface area contributed by atoms with E-state index in [1.807, 2.05) is 56.3 Å². The molecule has 32 heavy (non-hydrogen) atoms. The van der Waals surface area contributed by atoms with Crippen molar-refractivity contribution in [2.24, 2.45) is 0 Å². The predicted molar refractivity (Wildman–Crippen MR) is 118 cm³/mol. The molecule has 2 heterocycles. The van der Waals surface area contributed by atoms with Crippen molar-refractivity contribution in [2.75, 3.05) is 18.5 Å². The molecule has 0 radical (unpaired) electrons. The Labute approximate surface area is 185 Å². The van der Waals surface area contributed by atoms with Gasteiger partial charge in [-0.15, -0.1) is 0 Å². The number of H-pyrrole nitrogens is 1. The highest BCUT2D eigenvalue weighted by atomic mass is 16.7. The Balaban J connectivity index is 1.78. The highest BCUT2D eigenvalue weighted by Crippen LogP contribution is 2.29. The van der Waals surface area contributed by atoms with E-state index in [2.05, 4.69) is 20.3 Å². The van der Waals surface area contributed by atoms with E-state index >= 15 is 0 Å². The Morgan fingerprint density at radius 2 is 1.75 bits per heavy atom. The summed E-state index contributed by atoms with van der Waals surface area (Å²) in [6, 6.07) is 12.9. The smallest absolute Gasteiger partial charge is 0.412 e. The molecule has 1 amide bonds. The van der Waals surface area contributed by atoms with Crippen molar-refractivity contribution in [2.45, 2.75) is 32.7 Å². The Bertz CT molecular complexity index is 1050. The number of aromatic nitrogens is 3. The molecule has 0 aliphatic carbocycles. The normalized spacial score (nSPS) is 11.2. The number of aromatic amines is 1. The van der Waals surface area contributed by atoms with Crippen LogP contribution in [0.2, 0.25) is 0 Å². The molecule has 0 fully saturated rings. The summed E-state index contributed by atoms with van der Waals surface area (Å²) in [5.74, 6) is -1.11. The first-order valence-electron chi connectivity index (χ1n) is 10.3. The van der Waals surface area contributed by atoms with Crippen LogP contribution in [0.1, 0.15) is 30.8 Å². The van der Waals surface area contributed by atoms with Gasteiger partial charge in [-0.05, 0) is 31.0 Å². The minimum absolute atomic E-state index is 0.0462. The zero-order valence-corrected chi connectivity index (χ0v) is 18.0. The van der Waals surface area contributed by atoms with Gasteiger partial charge in [-0.25, -0.2) is 9.78 Å². The summed E-state index contributed by atoms with van der Waals surface area (Å²) in [7, 11) is 0. The van der Waals surface area contributed by atoms with Crippen LogP contribution >= 0.6 is 0 Å². The van der Waals surface area contributed by atoms with Crippen molar-refractivity contribution in [1.29, 1.82) is 0 Å². The average molecular weight is 438 g/mol. The molecule has 2 N–H and O–H groups in total. The highest BCUT2D eigenvalue weighted by molar-refractivity contribution is 5.83. The number of benzene rings is 1. The number of nitrogens with one attached hydrogen (secondary N) is 2. The lowest BCUT2D eigenvalue weighted by Gasteiger charge is -2.32. The van der Waals surface area contributed by atoms with Gasteiger partial charge in [-0.1, -0.05) is 36.4 Å². The van der Waals surface area contributed by atoms with E-state index in [0.29, 0.717) is 13.2 Å². The molecule has 1 aromatic carbocycles. The first-order valence-corrected chi connectivity index (χ1v) is 10.3. The van der Waals surface area contributed by atoms with Crippen LogP contribution in [0.4, 0.5) is 10.5 Å². The largest absolute Gasteiger partial charge is 0.444 e. The molecule has 9 heteroatoms. The average Bonchev–Trinajstić information content (AvgIpc) is 2.80. The number of anilines is 1. The SMILES string of the molecule is CCOC(Cc1cccnc1)(OCC)c1ncc(NC(=O)OCc2ccccc2)c(=O)[nH]1. The fraction of sp³-hybridized carbons (Fsp3) is 0.304. The molecule has 2 aromatic heterocycles. The van der Waals surface area contributed by atoms with Gasteiger partial charge in [0.05, 0.1) is 6.20 Å². The third-order valence-electron chi connectivity index (χ3n) is 4.52. The fourth-order valence-electron chi connectivity index (χ4n) is 3.15. The van der Waals surface area contributed by atoms with Gasteiger partial charge in [0.15, 0.2) is 5.82 Å². The van der Waals surface area contributed by atoms with E-state index in [4.69, 9.17) is 14.2 Å². The summed E-state index contributed by atoms with van der Waals surface area (Å²) < 4.78 is 17.0. The fourth-order valence-corrected chi connectivity index (χ4v) is 3.15. The molecular weight excluding hydrogens is 412 g/mol. The molecule has 3 rings (SSSR count). The van der Waals surface area contributed by atoms with Crippen LogP contribution in [0, 0.1) is 0 Å². The number of pyridine rings is 1. The van der Waals surface area contributed by atoms with Gasteiger partial charge < -0.3 is 19.2 Å². The summed E-state index contributed by atoms with van der Waals surface area (Å²) in [4.78, 5) is 35.9. The highest BCUT2D eigenvalue weighted by Gasteiger charge is 2.37. The zero-order chi connectivity index (χ0) is 22.8. The molecule has 168 valence electrons. The molecule has 0 saturated carbocycles. The van der Waals surface area contributed by atoms with Crippen molar-refractivity contribution < 1.29 is 19.0 Å². The van der Waals surface area contributed by atoms with E-state index in [9.17, 15) is 9.59 Å². The maximum Gasteiger partial charge on any atom is 0.412 e. The molecular formula is C23H26N4O5. The Morgan fingerprint density at radius 3 is 2.38 bits per heavy atom. The minimum atomic E-state index is -1.31. The molecule has 0 aliphatic heterocycles. The van der Waals surface area contributed by atoms with Gasteiger partial charge in [0.25, 0.3) is 5.56 Å². The van der Waals surface area contributed by atoms with E-state index < -0.39 is 17.4 Å². The number of ether oxygens (including phenoxy) is 3. The number of nitrogens with zero attached hydrogens (tertiary/aromatic N) is 2. The van der Waals surface area contributed by atoms with Crippen LogP contribution in [-0.4, -0.2) is 34.3 Å². The number of carbonyl (C=O) groups is 1. The molecule has 0 saturated heterocycles. The van der Waals surface area contributed by atoms with Gasteiger partial charge in [-0.3, -0.25) is 15.1 Å². The number of carbonyl (C=O) groups excluding carboxylic acids is 1. The van der Waals surface area contributed by atoms with Crippen molar-refractivity contribution in [1.82, 2.24) is 15.0 Å². The first kappa shape index (κ1) is 23.1. The van der Waals surface area contributed by atoms with Crippen LogP contribution in [0.3, 0.4) is 0 Å². The van der Waals surface area contributed by atoms with Gasteiger partial charge in [0.1, 0.15) is 12.3 Å². The lowest BCUT2D eigenvalue weighted by atomic mass is 10.1. The van der Waals surface area contributed by atoms with Crippen LogP contribution in [-0.2, 0) is 33.0 Å². The monoisotopic (exact) mass is 438 g/mol. The zero-order valence-electron chi connectivity index (χ0n) is 18.0. The molecule has 3 aromatic rings. The second-order valence-corrected chi connectivity index (χ2v) is 6.82. The molecule has 0 aliphatic rings. The van der Waals surface area contributed by atoms with E-state index in [-0.39, 0.29) is 24.5 Å². The standard InChI is InChI=1S/C23H26N4O5/c1-3-31-23(32-4-2,13-18-11-8-12-24-14-18)21-25-15-19(20(28)27-21)26-22(29)30-16-17-9-6-5-7-10-17/h5-12,14-15H,3-4,13,16H2,1-2H3,(H,26,29)(H,25,27,28). The third-order valence-corrected chi connectivity index (χ3v) is 4.52. The number of hydrogen-bond donors (Lipinski definition) is 2. The molecule has 0 spiro atoms. The minimum Gasteiger partial charge on any atom is -0.444 e. The van der Waals surface area contributed by atoms with Gasteiger partial charge in [0, 0.05) is 32.0 Å². The van der Waals surface area contributed by atoms with Gasteiger partial charge >= 0.3 is 6.09 Å². The Hall–Kier alpha value is -3.56.